The zero-order valence-corrected chi connectivity index (χ0v) is 13.2. The summed E-state index contributed by atoms with van der Waals surface area (Å²) < 4.78 is 2.85. The lowest BCUT2D eigenvalue weighted by atomic mass is 10.1. The first-order valence-electron chi connectivity index (χ1n) is 6.33. The van der Waals surface area contributed by atoms with Gasteiger partial charge in [0.2, 0.25) is 0 Å². The van der Waals surface area contributed by atoms with E-state index in [1.54, 1.807) is 6.20 Å². The van der Waals surface area contributed by atoms with Gasteiger partial charge in [0, 0.05) is 26.0 Å². The summed E-state index contributed by atoms with van der Waals surface area (Å²) in [6, 6.07) is 0. The van der Waals surface area contributed by atoms with Gasteiger partial charge in [-0.2, -0.15) is 0 Å². The van der Waals surface area contributed by atoms with Crippen LogP contribution in [0.1, 0.15) is 32.4 Å². The molecule has 0 radical (unpaired) electrons. The van der Waals surface area contributed by atoms with Crippen molar-refractivity contribution in [2.75, 3.05) is 11.9 Å². The number of nitrogens with zero attached hydrogens (tertiary/aromatic N) is 4. The van der Waals surface area contributed by atoms with Crippen LogP contribution in [0, 0.1) is 0 Å². The maximum absolute atomic E-state index is 4.64. The summed E-state index contributed by atoms with van der Waals surface area (Å²) in [5.74, 6) is 2.55. The molecule has 102 valence electrons. The van der Waals surface area contributed by atoms with E-state index in [0.29, 0.717) is 11.7 Å². The highest BCUT2D eigenvalue weighted by atomic mass is 79.9. The van der Waals surface area contributed by atoms with E-state index in [1.807, 2.05) is 24.7 Å². The molecule has 0 bridgehead atoms. The van der Waals surface area contributed by atoms with E-state index < -0.39 is 0 Å². The van der Waals surface area contributed by atoms with Crippen LogP contribution < -0.4 is 5.32 Å². The standard InChI is InChI=1S/C13H18BrN5/c1-5-15-11-9(14)10(8(2)3)17-12(18-11)13-16-6-7-19(13)4/h6-8H,5H2,1-4H3,(H,15,17,18). The second-order valence-electron chi connectivity index (χ2n) is 4.64. The number of aromatic nitrogens is 4. The molecule has 0 saturated heterocycles. The number of aryl methyl sites for hydroxylation is 1. The smallest absolute Gasteiger partial charge is 0.198 e. The maximum Gasteiger partial charge on any atom is 0.198 e. The average Bonchev–Trinajstić information content (AvgIpc) is 2.78. The highest BCUT2D eigenvalue weighted by Gasteiger charge is 2.17. The Kier molecular flexibility index (Phi) is 4.19. The van der Waals surface area contributed by atoms with Crippen molar-refractivity contribution >= 4 is 21.7 Å². The highest BCUT2D eigenvalue weighted by Crippen LogP contribution is 2.30. The Morgan fingerprint density at radius 3 is 2.63 bits per heavy atom. The fraction of sp³-hybridized carbons (Fsp3) is 0.462. The predicted molar refractivity (Wildman–Crippen MR) is 80.2 cm³/mol. The van der Waals surface area contributed by atoms with Crippen molar-refractivity contribution in [1.29, 1.82) is 0 Å². The highest BCUT2D eigenvalue weighted by molar-refractivity contribution is 9.10. The quantitative estimate of drug-likeness (QED) is 0.938. The first-order chi connectivity index (χ1) is 9.04. The van der Waals surface area contributed by atoms with E-state index >= 15 is 0 Å². The van der Waals surface area contributed by atoms with Crippen molar-refractivity contribution in [2.24, 2.45) is 7.05 Å². The van der Waals surface area contributed by atoms with Gasteiger partial charge in [-0.05, 0) is 28.8 Å². The third-order valence-electron chi connectivity index (χ3n) is 2.79. The van der Waals surface area contributed by atoms with Gasteiger partial charge >= 0.3 is 0 Å². The van der Waals surface area contributed by atoms with E-state index in [-0.39, 0.29) is 0 Å². The largest absolute Gasteiger partial charge is 0.369 e. The average molecular weight is 324 g/mol. The summed E-state index contributed by atoms with van der Waals surface area (Å²) in [6.07, 6.45) is 3.64. The number of rotatable bonds is 4. The lowest BCUT2D eigenvalue weighted by molar-refractivity contribution is 0.802. The topological polar surface area (TPSA) is 55.6 Å². The van der Waals surface area contributed by atoms with Crippen LogP contribution >= 0.6 is 15.9 Å². The zero-order chi connectivity index (χ0) is 14.0. The van der Waals surface area contributed by atoms with E-state index in [4.69, 9.17) is 0 Å². The minimum absolute atomic E-state index is 0.314. The van der Waals surface area contributed by atoms with Crippen molar-refractivity contribution in [1.82, 2.24) is 19.5 Å². The van der Waals surface area contributed by atoms with Crippen molar-refractivity contribution in [3.8, 4) is 11.6 Å². The molecule has 0 aliphatic heterocycles. The Labute approximate surface area is 121 Å². The second kappa shape index (κ2) is 5.69. The number of hydrogen-bond donors (Lipinski definition) is 1. The van der Waals surface area contributed by atoms with Gasteiger partial charge in [0.25, 0.3) is 0 Å². The molecule has 2 rings (SSSR count). The van der Waals surface area contributed by atoms with Crippen molar-refractivity contribution in [3.05, 3.63) is 22.6 Å². The van der Waals surface area contributed by atoms with Gasteiger partial charge in [0.05, 0.1) is 10.2 Å². The molecule has 5 nitrogen and oxygen atoms in total. The molecule has 2 heterocycles. The molecule has 6 heteroatoms. The summed E-state index contributed by atoms with van der Waals surface area (Å²) in [5, 5.41) is 3.26. The predicted octanol–water partition coefficient (Wildman–Crippen LogP) is 3.19. The fourth-order valence-corrected chi connectivity index (χ4v) is 2.59. The van der Waals surface area contributed by atoms with Crippen LogP contribution in [0.15, 0.2) is 16.9 Å². The van der Waals surface area contributed by atoms with Crippen LogP contribution in [-0.4, -0.2) is 26.1 Å². The summed E-state index contributed by atoms with van der Waals surface area (Å²) >= 11 is 3.58. The first kappa shape index (κ1) is 14.0. The molecule has 0 amide bonds. The fourth-order valence-electron chi connectivity index (χ4n) is 1.81. The van der Waals surface area contributed by atoms with Crippen LogP contribution in [-0.2, 0) is 7.05 Å². The van der Waals surface area contributed by atoms with Crippen molar-refractivity contribution in [2.45, 2.75) is 26.7 Å². The Hall–Kier alpha value is -1.43. The molecule has 0 aromatic carbocycles. The molecule has 0 aliphatic rings. The molecule has 0 saturated carbocycles. The molecule has 0 aliphatic carbocycles. The normalized spacial score (nSPS) is 11.1. The molecular formula is C13H18BrN5. The van der Waals surface area contributed by atoms with E-state index in [2.05, 4.69) is 50.0 Å². The van der Waals surface area contributed by atoms with Crippen LogP contribution in [0.4, 0.5) is 5.82 Å². The SMILES string of the molecule is CCNc1nc(-c2nccn2C)nc(C(C)C)c1Br. The molecule has 0 fully saturated rings. The van der Waals surface area contributed by atoms with E-state index in [0.717, 1.165) is 28.4 Å². The molecule has 2 aromatic rings. The Morgan fingerprint density at radius 2 is 2.11 bits per heavy atom. The molecule has 0 spiro atoms. The van der Waals surface area contributed by atoms with E-state index in [1.165, 1.54) is 0 Å². The molecule has 19 heavy (non-hydrogen) atoms. The number of imidazole rings is 1. The minimum Gasteiger partial charge on any atom is -0.369 e. The minimum atomic E-state index is 0.314. The Bertz CT molecular complexity index is 576. The summed E-state index contributed by atoms with van der Waals surface area (Å²) in [4.78, 5) is 13.5. The van der Waals surface area contributed by atoms with E-state index in [9.17, 15) is 0 Å². The number of hydrogen-bond acceptors (Lipinski definition) is 4. The van der Waals surface area contributed by atoms with Crippen LogP contribution in [0.3, 0.4) is 0 Å². The van der Waals surface area contributed by atoms with Gasteiger partial charge in [-0.1, -0.05) is 13.8 Å². The van der Waals surface area contributed by atoms with Crippen molar-refractivity contribution < 1.29 is 0 Å². The number of anilines is 1. The maximum atomic E-state index is 4.64. The lowest BCUT2D eigenvalue weighted by Crippen LogP contribution is -2.08. The van der Waals surface area contributed by atoms with Crippen LogP contribution in [0.25, 0.3) is 11.6 Å². The van der Waals surface area contributed by atoms with Crippen LogP contribution in [0.5, 0.6) is 0 Å². The number of halogens is 1. The Balaban J connectivity index is 2.59. The molecular weight excluding hydrogens is 306 g/mol. The number of nitrogens with one attached hydrogen (secondary N) is 1. The Morgan fingerprint density at radius 1 is 1.37 bits per heavy atom. The van der Waals surface area contributed by atoms with Crippen LogP contribution in [0.2, 0.25) is 0 Å². The summed E-state index contributed by atoms with van der Waals surface area (Å²) in [7, 11) is 1.94. The molecule has 0 atom stereocenters. The second-order valence-corrected chi connectivity index (χ2v) is 5.43. The third-order valence-corrected chi connectivity index (χ3v) is 3.57. The van der Waals surface area contributed by atoms with Crippen molar-refractivity contribution in [3.63, 3.8) is 0 Å². The summed E-state index contributed by atoms with van der Waals surface area (Å²) in [5.41, 5.74) is 0.990. The monoisotopic (exact) mass is 323 g/mol. The first-order valence-corrected chi connectivity index (χ1v) is 7.12. The van der Waals surface area contributed by atoms with Gasteiger partial charge < -0.3 is 9.88 Å². The third kappa shape index (κ3) is 2.78. The molecule has 0 unspecified atom stereocenters. The molecule has 2 aromatic heterocycles. The van der Waals surface area contributed by atoms with Gasteiger partial charge in [-0.3, -0.25) is 0 Å². The van der Waals surface area contributed by atoms with Gasteiger partial charge in [0.1, 0.15) is 5.82 Å². The molecule has 1 N–H and O–H groups in total. The summed E-state index contributed by atoms with van der Waals surface area (Å²) in [6.45, 7) is 7.09. The zero-order valence-electron chi connectivity index (χ0n) is 11.6. The lowest BCUT2D eigenvalue weighted by Gasteiger charge is -2.14. The van der Waals surface area contributed by atoms with Gasteiger partial charge in [-0.15, -0.1) is 0 Å². The van der Waals surface area contributed by atoms with Gasteiger partial charge in [-0.25, -0.2) is 15.0 Å². The van der Waals surface area contributed by atoms with Gasteiger partial charge in [0.15, 0.2) is 11.6 Å².